The minimum absolute atomic E-state index is 0.209. The Balaban J connectivity index is 2.60. The van der Waals surface area contributed by atoms with E-state index < -0.39 is 0 Å². The summed E-state index contributed by atoms with van der Waals surface area (Å²) in [6, 6.07) is 6.20. The van der Waals surface area contributed by atoms with Gasteiger partial charge in [0.1, 0.15) is 11.5 Å². The maximum Gasteiger partial charge on any atom is 0.127 e. The maximum absolute atomic E-state index is 5.96. The molecule has 3 heteroatoms. The lowest BCUT2D eigenvalue weighted by Crippen LogP contribution is -2.15. The summed E-state index contributed by atoms with van der Waals surface area (Å²) in [5.74, 6) is 1.82. The molecule has 114 valence electrons. The average molecular weight is 279 g/mol. The van der Waals surface area contributed by atoms with Crippen LogP contribution in [0.2, 0.25) is 0 Å². The summed E-state index contributed by atoms with van der Waals surface area (Å²) in [5, 5.41) is 3.25. The number of methoxy groups -OCH3 is 1. The third kappa shape index (κ3) is 5.04. The minimum atomic E-state index is 0.209. The molecule has 0 heterocycles. The van der Waals surface area contributed by atoms with Gasteiger partial charge in [-0.25, -0.2) is 0 Å². The molecule has 1 aromatic rings. The highest BCUT2D eigenvalue weighted by Crippen LogP contribution is 2.33. The Morgan fingerprint density at radius 1 is 1.10 bits per heavy atom. The fourth-order valence-corrected chi connectivity index (χ4v) is 2.29. The van der Waals surface area contributed by atoms with Crippen LogP contribution >= 0.6 is 0 Å². The molecule has 0 saturated heterocycles. The first-order valence-corrected chi connectivity index (χ1v) is 7.71. The Morgan fingerprint density at radius 3 is 2.45 bits per heavy atom. The third-order valence-corrected chi connectivity index (χ3v) is 3.62. The lowest BCUT2D eigenvalue weighted by atomic mass is 10.1. The Bertz CT molecular complexity index is 379. The van der Waals surface area contributed by atoms with Gasteiger partial charge in [-0.1, -0.05) is 38.7 Å². The predicted octanol–water partition coefficient (Wildman–Crippen LogP) is 4.32. The van der Waals surface area contributed by atoms with Gasteiger partial charge in [0, 0.05) is 6.04 Å². The van der Waals surface area contributed by atoms with Gasteiger partial charge >= 0.3 is 0 Å². The topological polar surface area (TPSA) is 30.5 Å². The van der Waals surface area contributed by atoms with Crippen LogP contribution in [0.4, 0.5) is 0 Å². The first kappa shape index (κ1) is 16.8. The predicted molar refractivity (Wildman–Crippen MR) is 84.7 cm³/mol. The summed E-state index contributed by atoms with van der Waals surface area (Å²) in [5.41, 5.74) is 1.10. The normalized spacial score (nSPS) is 12.2. The van der Waals surface area contributed by atoms with Crippen LogP contribution in [-0.4, -0.2) is 20.8 Å². The van der Waals surface area contributed by atoms with E-state index in [-0.39, 0.29) is 6.04 Å². The van der Waals surface area contributed by atoms with Crippen LogP contribution in [0, 0.1) is 0 Å². The van der Waals surface area contributed by atoms with E-state index in [1.165, 1.54) is 25.7 Å². The molecule has 1 atom stereocenters. The molecular formula is C17H29NO2. The SMILES string of the molecule is CCCCCCCOc1cccc(OC)c1C(C)NC. The molecule has 0 aliphatic rings. The quantitative estimate of drug-likeness (QED) is 0.647. The van der Waals surface area contributed by atoms with Crippen molar-refractivity contribution in [2.75, 3.05) is 20.8 Å². The van der Waals surface area contributed by atoms with Crippen molar-refractivity contribution in [3.8, 4) is 11.5 Å². The van der Waals surface area contributed by atoms with Gasteiger partial charge in [0.15, 0.2) is 0 Å². The van der Waals surface area contributed by atoms with Gasteiger partial charge in [-0.05, 0) is 32.5 Å². The van der Waals surface area contributed by atoms with E-state index >= 15 is 0 Å². The number of hydrogen-bond donors (Lipinski definition) is 1. The van der Waals surface area contributed by atoms with E-state index in [0.717, 1.165) is 30.1 Å². The van der Waals surface area contributed by atoms with Crippen LogP contribution in [0.5, 0.6) is 11.5 Å². The van der Waals surface area contributed by atoms with Crippen molar-refractivity contribution in [2.45, 2.75) is 52.0 Å². The highest BCUT2D eigenvalue weighted by Gasteiger charge is 2.15. The standard InChI is InChI=1S/C17H29NO2/c1-5-6-7-8-9-13-20-16-12-10-11-15(19-4)17(16)14(2)18-3/h10-12,14,18H,5-9,13H2,1-4H3. The number of benzene rings is 1. The van der Waals surface area contributed by atoms with Crippen LogP contribution in [-0.2, 0) is 0 Å². The van der Waals surface area contributed by atoms with Crippen molar-refractivity contribution in [1.29, 1.82) is 0 Å². The Hall–Kier alpha value is -1.22. The minimum Gasteiger partial charge on any atom is -0.496 e. The summed E-state index contributed by atoms with van der Waals surface area (Å²) in [6.45, 7) is 5.13. The molecule has 0 amide bonds. The largest absolute Gasteiger partial charge is 0.496 e. The average Bonchev–Trinajstić information content (AvgIpc) is 2.49. The Labute approximate surface area is 123 Å². The van der Waals surface area contributed by atoms with Crippen molar-refractivity contribution in [1.82, 2.24) is 5.32 Å². The van der Waals surface area contributed by atoms with E-state index in [4.69, 9.17) is 9.47 Å². The molecule has 0 bridgehead atoms. The molecule has 0 spiro atoms. The van der Waals surface area contributed by atoms with E-state index in [9.17, 15) is 0 Å². The van der Waals surface area contributed by atoms with Gasteiger partial charge in [-0.2, -0.15) is 0 Å². The Morgan fingerprint density at radius 2 is 1.80 bits per heavy atom. The molecule has 1 unspecified atom stereocenters. The number of unbranched alkanes of at least 4 members (excludes halogenated alkanes) is 4. The van der Waals surface area contributed by atoms with Crippen molar-refractivity contribution in [3.63, 3.8) is 0 Å². The van der Waals surface area contributed by atoms with Crippen LogP contribution in [0.15, 0.2) is 18.2 Å². The highest BCUT2D eigenvalue weighted by molar-refractivity contribution is 5.46. The smallest absolute Gasteiger partial charge is 0.127 e. The molecule has 1 N–H and O–H groups in total. The van der Waals surface area contributed by atoms with Crippen LogP contribution < -0.4 is 14.8 Å². The van der Waals surface area contributed by atoms with E-state index in [2.05, 4.69) is 19.2 Å². The van der Waals surface area contributed by atoms with Crippen LogP contribution in [0.25, 0.3) is 0 Å². The zero-order valence-electron chi connectivity index (χ0n) is 13.4. The first-order valence-electron chi connectivity index (χ1n) is 7.71. The van der Waals surface area contributed by atoms with Gasteiger partial charge in [0.25, 0.3) is 0 Å². The van der Waals surface area contributed by atoms with Crippen LogP contribution in [0.3, 0.4) is 0 Å². The third-order valence-electron chi connectivity index (χ3n) is 3.62. The molecular weight excluding hydrogens is 250 g/mol. The summed E-state index contributed by atoms with van der Waals surface area (Å²) < 4.78 is 11.4. The van der Waals surface area contributed by atoms with Crippen LogP contribution in [0.1, 0.15) is 57.6 Å². The van der Waals surface area contributed by atoms with Gasteiger partial charge in [-0.3, -0.25) is 0 Å². The van der Waals surface area contributed by atoms with Gasteiger partial charge in [-0.15, -0.1) is 0 Å². The van der Waals surface area contributed by atoms with E-state index in [1.54, 1.807) is 7.11 Å². The summed E-state index contributed by atoms with van der Waals surface area (Å²) >= 11 is 0. The molecule has 0 aliphatic heterocycles. The number of nitrogens with one attached hydrogen (secondary N) is 1. The summed E-state index contributed by atoms with van der Waals surface area (Å²) in [4.78, 5) is 0. The lowest BCUT2D eigenvalue weighted by Gasteiger charge is -2.19. The van der Waals surface area contributed by atoms with Crippen molar-refractivity contribution in [3.05, 3.63) is 23.8 Å². The number of rotatable bonds is 10. The van der Waals surface area contributed by atoms with Gasteiger partial charge < -0.3 is 14.8 Å². The molecule has 20 heavy (non-hydrogen) atoms. The van der Waals surface area contributed by atoms with Gasteiger partial charge in [0.05, 0.1) is 19.3 Å². The summed E-state index contributed by atoms with van der Waals surface area (Å²) in [6.07, 6.45) is 6.26. The fourth-order valence-electron chi connectivity index (χ4n) is 2.29. The lowest BCUT2D eigenvalue weighted by molar-refractivity contribution is 0.295. The molecule has 1 rings (SSSR count). The van der Waals surface area contributed by atoms with Crippen molar-refractivity contribution in [2.24, 2.45) is 0 Å². The Kier molecular flexibility index (Phi) is 8.12. The number of hydrogen-bond acceptors (Lipinski definition) is 3. The number of ether oxygens (including phenoxy) is 2. The molecule has 0 aromatic heterocycles. The van der Waals surface area contributed by atoms with E-state index in [1.807, 2.05) is 25.2 Å². The van der Waals surface area contributed by atoms with E-state index in [0.29, 0.717) is 0 Å². The van der Waals surface area contributed by atoms with Crippen molar-refractivity contribution >= 4 is 0 Å². The highest BCUT2D eigenvalue weighted by atomic mass is 16.5. The van der Waals surface area contributed by atoms with Gasteiger partial charge in [0.2, 0.25) is 0 Å². The zero-order chi connectivity index (χ0) is 14.8. The second-order valence-electron chi connectivity index (χ2n) is 5.15. The van der Waals surface area contributed by atoms with Crippen molar-refractivity contribution < 1.29 is 9.47 Å². The molecule has 0 aliphatic carbocycles. The second-order valence-corrected chi connectivity index (χ2v) is 5.15. The molecule has 0 fully saturated rings. The molecule has 0 saturated carbocycles. The zero-order valence-corrected chi connectivity index (χ0v) is 13.4. The molecule has 3 nitrogen and oxygen atoms in total. The summed E-state index contributed by atoms with van der Waals surface area (Å²) in [7, 11) is 3.65. The molecule has 0 radical (unpaired) electrons. The first-order chi connectivity index (χ1) is 9.74. The molecule has 1 aromatic carbocycles. The maximum atomic E-state index is 5.96. The second kappa shape index (κ2) is 9.65. The monoisotopic (exact) mass is 279 g/mol. The fraction of sp³-hybridized carbons (Fsp3) is 0.647.